The number of aryl methyl sites for hydroxylation is 1. The summed E-state index contributed by atoms with van der Waals surface area (Å²) in [4.78, 5) is 9.73. The van der Waals surface area contributed by atoms with Crippen LogP contribution in [0, 0.1) is 0 Å². The van der Waals surface area contributed by atoms with E-state index in [4.69, 9.17) is 4.99 Å². The zero-order chi connectivity index (χ0) is 18.0. The van der Waals surface area contributed by atoms with Gasteiger partial charge >= 0.3 is 0 Å². The fraction of sp³-hybridized carbons (Fsp3) is 0.500. The lowest BCUT2D eigenvalue weighted by Gasteiger charge is -2.36. The Morgan fingerprint density at radius 2 is 1.89 bits per heavy atom. The summed E-state index contributed by atoms with van der Waals surface area (Å²) in [5.41, 5.74) is 1.39. The molecule has 2 aromatic rings. The van der Waals surface area contributed by atoms with E-state index >= 15 is 0 Å². The lowest BCUT2D eigenvalue weighted by atomic mass is 10.2. The van der Waals surface area contributed by atoms with Crippen LogP contribution in [0.4, 0.5) is 0 Å². The highest BCUT2D eigenvalue weighted by atomic mass is 127. The zero-order valence-electron chi connectivity index (χ0n) is 16.1. The number of aliphatic imine (C=N–C) groups is 1. The van der Waals surface area contributed by atoms with Gasteiger partial charge in [0.05, 0.1) is 0 Å². The maximum absolute atomic E-state index is 4.82. The van der Waals surface area contributed by atoms with Gasteiger partial charge in [0.25, 0.3) is 0 Å². The van der Waals surface area contributed by atoms with Crippen molar-refractivity contribution in [3.05, 3.63) is 54.4 Å². The van der Waals surface area contributed by atoms with E-state index in [-0.39, 0.29) is 24.0 Å². The number of halogens is 1. The van der Waals surface area contributed by atoms with Crippen molar-refractivity contribution in [2.24, 2.45) is 4.99 Å². The molecule has 1 aromatic heterocycles. The molecule has 1 N–H and O–H groups in total. The van der Waals surface area contributed by atoms with Crippen LogP contribution in [0.15, 0.2) is 53.8 Å². The molecule has 0 saturated carbocycles. The minimum atomic E-state index is 0. The summed E-state index contributed by atoms with van der Waals surface area (Å²) in [5, 5.41) is 7.68. The lowest BCUT2D eigenvalue weighted by Crippen LogP contribution is -2.52. The topological polar surface area (TPSA) is 48.7 Å². The van der Waals surface area contributed by atoms with Gasteiger partial charge in [0.1, 0.15) is 0 Å². The molecular weight excluding hydrogens is 451 g/mol. The number of nitrogens with one attached hydrogen (secondary N) is 1. The first-order valence-electron chi connectivity index (χ1n) is 9.62. The Morgan fingerprint density at radius 3 is 2.56 bits per heavy atom. The molecule has 1 aliphatic rings. The predicted molar refractivity (Wildman–Crippen MR) is 122 cm³/mol. The van der Waals surface area contributed by atoms with E-state index in [1.807, 2.05) is 23.1 Å². The van der Waals surface area contributed by atoms with Crippen molar-refractivity contribution >= 4 is 29.9 Å². The number of hydrogen-bond acceptors (Lipinski definition) is 3. The first-order chi connectivity index (χ1) is 12.8. The largest absolute Gasteiger partial charge is 0.357 e. The van der Waals surface area contributed by atoms with Crippen LogP contribution in [-0.2, 0) is 13.1 Å². The van der Waals surface area contributed by atoms with Crippen LogP contribution >= 0.6 is 24.0 Å². The molecule has 0 bridgehead atoms. The molecule has 1 saturated heterocycles. The Morgan fingerprint density at radius 1 is 1.11 bits per heavy atom. The molecule has 1 fully saturated rings. The first-order valence-corrected chi connectivity index (χ1v) is 9.62. The van der Waals surface area contributed by atoms with Gasteiger partial charge in [-0.3, -0.25) is 14.6 Å². The number of benzene rings is 1. The summed E-state index contributed by atoms with van der Waals surface area (Å²) in [5.74, 6) is 1.05. The van der Waals surface area contributed by atoms with Gasteiger partial charge in [-0.2, -0.15) is 5.10 Å². The maximum atomic E-state index is 4.82. The highest BCUT2D eigenvalue weighted by Crippen LogP contribution is 2.08. The molecule has 6 nitrogen and oxygen atoms in total. The Balaban J connectivity index is 0.00000261. The van der Waals surface area contributed by atoms with Crippen molar-refractivity contribution in [2.45, 2.75) is 26.4 Å². The summed E-state index contributed by atoms with van der Waals surface area (Å²) in [7, 11) is 0. The molecule has 0 aliphatic carbocycles. The van der Waals surface area contributed by atoms with Gasteiger partial charge in [-0.25, -0.2) is 0 Å². The Labute approximate surface area is 179 Å². The van der Waals surface area contributed by atoms with Crippen molar-refractivity contribution in [1.82, 2.24) is 24.9 Å². The molecule has 148 valence electrons. The van der Waals surface area contributed by atoms with E-state index in [2.05, 4.69) is 57.5 Å². The molecule has 1 aliphatic heterocycles. The number of guanidine groups is 1. The lowest BCUT2D eigenvalue weighted by molar-refractivity contribution is 0.172. The standard InChI is InChI=1S/C20H30N6.HI/c1-2-21-20(22-10-6-12-26-13-7-11-23-26)25-16-14-24(15-17-25)18-19-8-4-3-5-9-19;/h3-5,7-9,11,13H,2,6,10,12,14-18H2,1H3,(H,21,22);1H. The van der Waals surface area contributed by atoms with E-state index in [0.717, 1.165) is 64.7 Å². The SMILES string of the molecule is CCNC(=NCCCn1cccn1)N1CCN(Cc2ccccc2)CC1.I. The van der Waals surface area contributed by atoms with E-state index in [9.17, 15) is 0 Å². The van der Waals surface area contributed by atoms with Crippen LogP contribution in [0.1, 0.15) is 18.9 Å². The first kappa shape index (κ1) is 21.7. The van der Waals surface area contributed by atoms with Gasteiger partial charge in [0.2, 0.25) is 0 Å². The van der Waals surface area contributed by atoms with Crippen LogP contribution in [0.5, 0.6) is 0 Å². The number of rotatable bonds is 7. The second-order valence-electron chi connectivity index (χ2n) is 6.61. The van der Waals surface area contributed by atoms with E-state index in [1.165, 1.54) is 5.56 Å². The minimum absolute atomic E-state index is 0. The average Bonchev–Trinajstić information content (AvgIpc) is 3.19. The Hall–Kier alpha value is -1.61. The van der Waals surface area contributed by atoms with Crippen molar-refractivity contribution in [3.63, 3.8) is 0 Å². The zero-order valence-corrected chi connectivity index (χ0v) is 18.5. The van der Waals surface area contributed by atoms with Crippen LogP contribution in [0.3, 0.4) is 0 Å². The number of nitrogens with zero attached hydrogens (tertiary/aromatic N) is 5. The smallest absolute Gasteiger partial charge is 0.194 e. The van der Waals surface area contributed by atoms with Crippen molar-refractivity contribution in [1.29, 1.82) is 0 Å². The van der Waals surface area contributed by atoms with E-state index in [1.54, 1.807) is 0 Å². The third kappa shape index (κ3) is 7.14. The van der Waals surface area contributed by atoms with Gasteiger partial charge in [0, 0.05) is 64.8 Å². The van der Waals surface area contributed by atoms with Crippen molar-refractivity contribution < 1.29 is 0 Å². The molecule has 7 heteroatoms. The van der Waals surface area contributed by atoms with Crippen molar-refractivity contribution in [2.75, 3.05) is 39.3 Å². The fourth-order valence-corrected chi connectivity index (χ4v) is 3.24. The average molecular weight is 482 g/mol. The summed E-state index contributed by atoms with van der Waals surface area (Å²) >= 11 is 0. The molecular formula is C20H31IN6. The van der Waals surface area contributed by atoms with Crippen LogP contribution in [0.2, 0.25) is 0 Å². The Kier molecular flexibility index (Phi) is 9.61. The second-order valence-corrected chi connectivity index (χ2v) is 6.61. The van der Waals surface area contributed by atoms with Crippen molar-refractivity contribution in [3.8, 4) is 0 Å². The monoisotopic (exact) mass is 482 g/mol. The second kappa shape index (κ2) is 12.0. The molecule has 0 amide bonds. The fourth-order valence-electron chi connectivity index (χ4n) is 3.24. The normalized spacial score (nSPS) is 15.4. The van der Waals surface area contributed by atoms with Gasteiger partial charge in [0.15, 0.2) is 5.96 Å². The third-order valence-corrected chi connectivity index (χ3v) is 4.62. The van der Waals surface area contributed by atoms with E-state index in [0.29, 0.717) is 0 Å². The Bertz CT molecular complexity index is 650. The quantitative estimate of drug-likeness (QED) is 0.286. The molecule has 0 unspecified atom stereocenters. The summed E-state index contributed by atoms with van der Waals surface area (Å²) in [6.45, 7) is 10.0. The van der Waals surface area contributed by atoms with Gasteiger partial charge in [-0.15, -0.1) is 24.0 Å². The molecule has 27 heavy (non-hydrogen) atoms. The van der Waals surface area contributed by atoms with Crippen LogP contribution < -0.4 is 5.32 Å². The van der Waals surface area contributed by atoms with Crippen LogP contribution in [-0.4, -0.2) is 64.8 Å². The molecule has 3 rings (SSSR count). The number of piperazine rings is 1. The number of aromatic nitrogens is 2. The third-order valence-electron chi connectivity index (χ3n) is 4.62. The highest BCUT2D eigenvalue weighted by molar-refractivity contribution is 14.0. The summed E-state index contributed by atoms with van der Waals surface area (Å²) in [6.07, 6.45) is 4.83. The van der Waals surface area contributed by atoms with Gasteiger partial charge in [-0.1, -0.05) is 30.3 Å². The van der Waals surface area contributed by atoms with E-state index < -0.39 is 0 Å². The van der Waals surface area contributed by atoms with Gasteiger partial charge in [-0.05, 0) is 25.0 Å². The predicted octanol–water partition coefficient (Wildman–Crippen LogP) is 2.67. The molecule has 1 aromatic carbocycles. The van der Waals surface area contributed by atoms with Gasteiger partial charge < -0.3 is 10.2 Å². The molecule has 0 atom stereocenters. The maximum Gasteiger partial charge on any atom is 0.194 e. The van der Waals surface area contributed by atoms with Crippen LogP contribution in [0.25, 0.3) is 0 Å². The minimum Gasteiger partial charge on any atom is -0.357 e. The molecule has 0 spiro atoms. The summed E-state index contributed by atoms with van der Waals surface area (Å²) < 4.78 is 1.96. The number of hydrogen-bond donors (Lipinski definition) is 1. The highest BCUT2D eigenvalue weighted by Gasteiger charge is 2.19. The molecule has 2 heterocycles. The molecule has 0 radical (unpaired) electrons. The summed E-state index contributed by atoms with van der Waals surface area (Å²) in [6, 6.07) is 12.7.